The van der Waals surface area contributed by atoms with Crippen molar-refractivity contribution in [3.63, 3.8) is 0 Å². The number of halogens is 3. The Morgan fingerprint density at radius 1 is 1.32 bits per heavy atom. The van der Waals surface area contributed by atoms with Crippen LogP contribution in [0.5, 0.6) is 5.88 Å². The van der Waals surface area contributed by atoms with Crippen LogP contribution >= 0.6 is 0 Å². The highest BCUT2D eigenvalue weighted by atomic mass is 19.4. The molecular weight excluding hydrogens is 293 g/mol. The Bertz CT molecular complexity index is 598. The molecule has 120 valence electrons. The number of nitrogens with zero attached hydrogens (tertiary/aromatic N) is 2. The van der Waals surface area contributed by atoms with Crippen molar-refractivity contribution >= 4 is 5.57 Å². The molecule has 6 heteroatoms. The molecule has 0 aliphatic carbocycles. The molecule has 1 fully saturated rings. The maximum atomic E-state index is 13.0. The van der Waals surface area contributed by atoms with Crippen LogP contribution in [0.25, 0.3) is 5.57 Å². The maximum absolute atomic E-state index is 13.0. The van der Waals surface area contributed by atoms with Gasteiger partial charge in [-0.15, -0.1) is 0 Å². The monoisotopic (exact) mass is 312 g/mol. The second kappa shape index (κ2) is 5.57. The van der Waals surface area contributed by atoms with Gasteiger partial charge in [0.1, 0.15) is 0 Å². The van der Waals surface area contributed by atoms with Crippen LogP contribution in [0.1, 0.15) is 36.8 Å². The van der Waals surface area contributed by atoms with Crippen molar-refractivity contribution in [2.24, 2.45) is 0 Å². The molecule has 1 saturated heterocycles. The SMILES string of the molecule is COc1ncc(C(F)(F)F)cc1C1=CC2CCCC(C1)N2C. The van der Waals surface area contributed by atoms with Gasteiger partial charge in [-0.2, -0.15) is 13.2 Å². The molecule has 3 nitrogen and oxygen atoms in total. The largest absolute Gasteiger partial charge is 0.481 e. The number of rotatable bonds is 2. The molecule has 22 heavy (non-hydrogen) atoms. The lowest BCUT2D eigenvalue weighted by atomic mass is 9.83. The minimum Gasteiger partial charge on any atom is -0.481 e. The molecule has 0 radical (unpaired) electrons. The average molecular weight is 312 g/mol. The number of likely N-dealkylation sites (N-methyl/N-ethyl adjacent to an activating group) is 1. The maximum Gasteiger partial charge on any atom is 0.417 e. The molecule has 0 N–H and O–H groups in total. The summed E-state index contributed by atoms with van der Waals surface area (Å²) in [5.41, 5.74) is 0.666. The summed E-state index contributed by atoms with van der Waals surface area (Å²) >= 11 is 0. The summed E-state index contributed by atoms with van der Waals surface area (Å²) < 4.78 is 44.0. The molecule has 2 atom stereocenters. The molecular formula is C16H19F3N2O. The number of alkyl halides is 3. The quantitative estimate of drug-likeness (QED) is 0.831. The second-order valence-corrected chi connectivity index (χ2v) is 5.99. The predicted octanol–water partition coefficient (Wildman–Crippen LogP) is 3.75. The molecule has 2 aliphatic heterocycles. The number of methoxy groups -OCH3 is 1. The molecule has 1 aromatic rings. The third kappa shape index (κ3) is 2.72. The fraction of sp³-hybridized carbons (Fsp3) is 0.562. The van der Waals surface area contributed by atoms with Crippen LogP contribution in [0.2, 0.25) is 0 Å². The minimum atomic E-state index is -4.39. The van der Waals surface area contributed by atoms with Gasteiger partial charge in [-0.1, -0.05) is 12.5 Å². The van der Waals surface area contributed by atoms with Crippen molar-refractivity contribution in [2.45, 2.75) is 43.9 Å². The molecule has 2 unspecified atom stereocenters. The van der Waals surface area contributed by atoms with Crippen LogP contribution in [-0.2, 0) is 6.18 Å². The number of ether oxygens (including phenoxy) is 1. The number of fused-ring (bicyclic) bond motifs is 2. The fourth-order valence-electron chi connectivity index (χ4n) is 3.44. The number of hydrogen-bond acceptors (Lipinski definition) is 3. The van der Waals surface area contributed by atoms with E-state index in [0.29, 0.717) is 17.6 Å². The molecule has 0 amide bonds. The van der Waals surface area contributed by atoms with Gasteiger partial charge in [-0.05, 0) is 37.9 Å². The second-order valence-electron chi connectivity index (χ2n) is 5.99. The van der Waals surface area contributed by atoms with Crippen molar-refractivity contribution in [1.82, 2.24) is 9.88 Å². The van der Waals surface area contributed by atoms with E-state index in [2.05, 4.69) is 23.0 Å². The van der Waals surface area contributed by atoms with Crippen LogP contribution in [-0.4, -0.2) is 36.1 Å². The van der Waals surface area contributed by atoms with Crippen LogP contribution in [0.15, 0.2) is 18.3 Å². The minimum absolute atomic E-state index is 0.266. The topological polar surface area (TPSA) is 25.4 Å². The molecule has 0 spiro atoms. The van der Waals surface area contributed by atoms with Gasteiger partial charge in [0.25, 0.3) is 0 Å². The van der Waals surface area contributed by atoms with Crippen molar-refractivity contribution in [1.29, 1.82) is 0 Å². The van der Waals surface area contributed by atoms with E-state index in [0.717, 1.165) is 31.0 Å². The molecule has 2 bridgehead atoms. The first-order chi connectivity index (χ1) is 10.4. The summed E-state index contributed by atoms with van der Waals surface area (Å²) in [4.78, 5) is 6.18. The van der Waals surface area contributed by atoms with Crippen LogP contribution in [0, 0.1) is 0 Å². The van der Waals surface area contributed by atoms with Crippen molar-refractivity contribution in [3.05, 3.63) is 29.5 Å². The van der Waals surface area contributed by atoms with E-state index in [1.165, 1.54) is 19.6 Å². The van der Waals surface area contributed by atoms with Gasteiger partial charge in [-0.3, -0.25) is 4.90 Å². The predicted molar refractivity (Wildman–Crippen MR) is 77.6 cm³/mol. The third-order valence-electron chi connectivity index (χ3n) is 4.70. The van der Waals surface area contributed by atoms with E-state index >= 15 is 0 Å². The highest BCUT2D eigenvalue weighted by molar-refractivity contribution is 5.71. The van der Waals surface area contributed by atoms with E-state index in [9.17, 15) is 13.2 Å². The van der Waals surface area contributed by atoms with E-state index < -0.39 is 11.7 Å². The Morgan fingerprint density at radius 2 is 2.09 bits per heavy atom. The smallest absolute Gasteiger partial charge is 0.417 e. The summed E-state index contributed by atoms with van der Waals surface area (Å²) in [5.74, 6) is 0.266. The number of piperidine rings is 1. The summed E-state index contributed by atoms with van der Waals surface area (Å²) in [6, 6.07) is 1.85. The van der Waals surface area contributed by atoms with E-state index in [4.69, 9.17) is 4.74 Å². The normalized spacial score (nSPS) is 25.8. The molecule has 2 aliphatic rings. The van der Waals surface area contributed by atoms with Crippen LogP contribution in [0.4, 0.5) is 13.2 Å². The van der Waals surface area contributed by atoms with Crippen LogP contribution in [0.3, 0.4) is 0 Å². The van der Waals surface area contributed by atoms with Gasteiger partial charge in [0.05, 0.1) is 12.7 Å². The Balaban J connectivity index is 2.03. The Morgan fingerprint density at radius 3 is 2.73 bits per heavy atom. The van der Waals surface area contributed by atoms with Gasteiger partial charge in [0.2, 0.25) is 5.88 Å². The van der Waals surface area contributed by atoms with Crippen LogP contribution < -0.4 is 4.74 Å². The average Bonchev–Trinajstić information content (AvgIpc) is 2.45. The Labute approximate surface area is 127 Å². The fourth-order valence-corrected chi connectivity index (χ4v) is 3.44. The number of hydrogen-bond donors (Lipinski definition) is 0. The van der Waals surface area contributed by atoms with Gasteiger partial charge in [0, 0.05) is 23.8 Å². The lowest BCUT2D eigenvalue weighted by Crippen LogP contribution is -2.45. The van der Waals surface area contributed by atoms with Crippen molar-refractivity contribution in [3.8, 4) is 5.88 Å². The standard InChI is InChI=1S/C16H19F3N2O/c1-21-12-4-3-5-13(21)7-10(6-12)14-8-11(16(17,18)19)9-20-15(14)22-2/h6,8-9,12-13H,3-5,7H2,1-2H3. The Hall–Kier alpha value is -1.56. The lowest BCUT2D eigenvalue weighted by Gasteiger charge is -2.42. The van der Waals surface area contributed by atoms with E-state index in [-0.39, 0.29) is 5.88 Å². The zero-order valence-electron chi connectivity index (χ0n) is 12.7. The van der Waals surface area contributed by atoms with Crippen molar-refractivity contribution in [2.75, 3.05) is 14.2 Å². The molecule has 3 heterocycles. The molecule has 3 rings (SSSR count). The molecule has 0 saturated carbocycles. The van der Waals surface area contributed by atoms with Gasteiger partial charge in [-0.25, -0.2) is 4.98 Å². The summed E-state index contributed by atoms with van der Waals surface area (Å²) in [6.07, 6.45) is 2.56. The zero-order valence-corrected chi connectivity index (χ0v) is 12.7. The number of aromatic nitrogens is 1. The molecule has 0 aromatic carbocycles. The Kier molecular flexibility index (Phi) is 3.89. The van der Waals surface area contributed by atoms with Crippen molar-refractivity contribution < 1.29 is 17.9 Å². The molecule has 1 aromatic heterocycles. The summed E-state index contributed by atoms with van der Waals surface area (Å²) in [6.45, 7) is 0. The number of pyridine rings is 1. The van der Waals surface area contributed by atoms with Gasteiger partial charge < -0.3 is 4.74 Å². The van der Waals surface area contributed by atoms with E-state index in [1.807, 2.05) is 0 Å². The van der Waals surface area contributed by atoms with Gasteiger partial charge >= 0.3 is 6.18 Å². The third-order valence-corrected chi connectivity index (χ3v) is 4.70. The highest BCUT2D eigenvalue weighted by Crippen LogP contribution is 2.40. The first-order valence-corrected chi connectivity index (χ1v) is 7.44. The first-order valence-electron chi connectivity index (χ1n) is 7.44. The highest BCUT2D eigenvalue weighted by Gasteiger charge is 2.35. The van der Waals surface area contributed by atoms with Gasteiger partial charge in [0.15, 0.2) is 0 Å². The summed E-state index contributed by atoms with van der Waals surface area (Å²) in [7, 11) is 3.53. The zero-order chi connectivity index (χ0) is 15.9. The lowest BCUT2D eigenvalue weighted by molar-refractivity contribution is -0.137. The first kappa shape index (κ1) is 15.3. The van der Waals surface area contributed by atoms with E-state index in [1.54, 1.807) is 0 Å². The summed E-state index contributed by atoms with van der Waals surface area (Å²) in [5, 5.41) is 0.